The van der Waals surface area contributed by atoms with Crippen LogP contribution in [0.3, 0.4) is 0 Å². The molecule has 178 valence electrons. The van der Waals surface area contributed by atoms with Gasteiger partial charge < -0.3 is 14.2 Å². The van der Waals surface area contributed by atoms with Crippen molar-refractivity contribution in [1.29, 1.82) is 0 Å². The first-order valence-corrected chi connectivity index (χ1v) is 12.3. The fourth-order valence-corrected chi connectivity index (χ4v) is 4.50. The number of non-ortho nitro benzene ring substituents is 1. The molecule has 0 spiro atoms. The average molecular weight is 649 g/mol. The van der Waals surface area contributed by atoms with Crippen LogP contribution in [-0.4, -0.2) is 23.4 Å². The van der Waals surface area contributed by atoms with Crippen LogP contribution in [0.2, 0.25) is 0 Å². The maximum Gasteiger partial charge on any atom is 0.363 e. The van der Waals surface area contributed by atoms with Gasteiger partial charge >= 0.3 is 5.97 Å². The van der Waals surface area contributed by atoms with E-state index in [9.17, 15) is 14.9 Å². The molecule has 0 aliphatic carbocycles. The molecule has 0 unspecified atom stereocenters. The molecule has 0 atom stereocenters. The van der Waals surface area contributed by atoms with E-state index in [1.807, 2.05) is 37.3 Å². The normalized spacial score (nSPS) is 14.0. The molecule has 1 heterocycles. The van der Waals surface area contributed by atoms with Gasteiger partial charge in [0.25, 0.3) is 5.69 Å². The van der Waals surface area contributed by atoms with Crippen LogP contribution in [0.25, 0.3) is 6.08 Å². The molecule has 1 aliphatic rings. The van der Waals surface area contributed by atoms with Gasteiger partial charge in [-0.15, -0.1) is 0 Å². The lowest BCUT2D eigenvalue weighted by Gasteiger charge is -2.15. The van der Waals surface area contributed by atoms with Crippen LogP contribution in [0.5, 0.6) is 11.5 Å². The first-order chi connectivity index (χ1) is 16.8. The third kappa shape index (κ3) is 6.06. The fourth-order valence-electron chi connectivity index (χ4n) is 3.27. The number of nitro benzene ring substituents is 1. The minimum absolute atomic E-state index is 0.0605. The van der Waals surface area contributed by atoms with Crippen LogP contribution in [0.15, 0.2) is 75.8 Å². The molecule has 3 aromatic carbocycles. The maximum atomic E-state index is 12.4. The van der Waals surface area contributed by atoms with Gasteiger partial charge in [-0.3, -0.25) is 10.1 Å². The lowest BCUT2D eigenvalue weighted by Crippen LogP contribution is -2.05. The largest absolute Gasteiger partial charge is 0.490 e. The summed E-state index contributed by atoms with van der Waals surface area (Å²) < 4.78 is 18.9. The molecule has 3 aromatic rings. The molecule has 35 heavy (non-hydrogen) atoms. The standard InChI is InChI=1S/C25H18BrIN2O6/c1-2-33-22-13-16(11-20(27)23(22)34-14-15-4-3-5-18(26)10-15)12-21-25(30)35-24(28-21)17-6-8-19(9-7-17)29(31)32/h3-13H,2,14H2,1H3/b21-12-. The van der Waals surface area contributed by atoms with Crippen molar-refractivity contribution in [3.05, 3.63) is 101 Å². The van der Waals surface area contributed by atoms with Crippen molar-refractivity contribution in [1.82, 2.24) is 0 Å². The predicted molar refractivity (Wildman–Crippen MR) is 143 cm³/mol. The number of cyclic esters (lactones) is 1. The maximum absolute atomic E-state index is 12.4. The number of carbonyl (C=O) groups is 1. The van der Waals surface area contributed by atoms with Gasteiger partial charge in [0.15, 0.2) is 17.2 Å². The Hall–Kier alpha value is -3.25. The SMILES string of the molecule is CCOc1cc(/C=C2\N=C(c3ccc([N+](=O)[O-])cc3)OC2=O)cc(I)c1OCc1cccc(Br)c1. The molecular formula is C25H18BrIN2O6. The highest BCUT2D eigenvalue weighted by atomic mass is 127. The summed E-state index contributed by atoms with van der Waals surface area (Å²) in [5.41, 5.74) is 2.21. The van der Waals surface area contributed by atoms with E-state index < -0.39 is 10.9 Å². The molecular weight excluding hydrogens is 631 g/mol. The summed E-state index contributed by atoms with van der Waals surface area (Å²) in [6.07, 6.45) is 1.60. The minimum Gasteiger partial charge on any atom is -0.490 e. The number of esters is 1. The van der Waals surface area contributed by atoms with Crippen LogP contribution in [0.4, 0.5) is 5.69 Å². The van der Waals surface area contributed by atoms with Crippen LogP contribution >= 0.6 is 38.5 Å². The molecule has 0 N–H and O–H groups in total. The molecule has 0 aromatic heterocycles. The summed E-state index contributed by atoms with van der Waals surface area (Å²) in [4.78, 5) is 27.0. The van der Waals surface area contributed by atoms with E-state index in [4.69, 9.17) is 14.2 Å². The average Bonchev–Trinajstić information content (AvgIpc) is 3.19. The van der Waals surface area contributed by atoms with Crippen molar-refractivity contribution in [3.8, 4) is 11.5 Å². The van der Waals surface area contributed by atoms with Gasteiger partial charge in [0.1, 0.15) is 6.61 Å². The molecule has 0 saturated carbocycles. The van der Waals surface area contributed by atoms with Crippen molar-refractivity contribution < 1.29 is 23.9 Å². The first-order valence-electron chi connectivity index (χ1n) is 10.4. The Morgan fingerprint density at radius 2 is 1.91 bits per heavy atom. The first kappa shape index (κ1) is 24.9. The second-order valence-corrected chi connectivity index (χ2v) is 9.40. The van der Waals surface area contributed by atoms with Gasteiger partial charge in [0.2, 0.25) is 5.90 Å². The molecule has 4 rings (SSSR count). The van der Waals surface area contributed by atoms with Crippen molar-refractivity contribution in [3.63, 3.8) is 0 Å². The number of nitro groups is 1. The van der Waals surface area contributed by atoms with E-state index in [1.54, 1.807) is 12.1 Å². The van der Waals surface area contributed by atoms with Gasteiger partial charge in [-0.25, -0.2) is 9.79 Å². The van der Waals surface area contributed by atoms with Crippen LogP contribution in [-0.2, 0) is 16.1 Å². The Bertz CT molecular complexity index is 1350. The summed E-state index contributed by atoms with van der Waals surface area (Å²) in [7, 11) is 0. The summed E-state index contributed by atoms with van der Waals surface area (Å²) in [5.74, 6) is 0.636. The van der Waals surface area contributed by atoms with Crippen molar-refractivity contribution in [2.75, 3.05) is 6.61 Å². The molecule has 0 amide bonds. The van der Waals surface area contributed by atoms with E-state index in [-0.39, 0.29) is 17.3 Å². The number of nitrogens with zero attached hydrogens (tertiary/aromatic N) is 2. The summed E-state index contributed by atoms with van der Waals surface area (Å²) >= 11 is 5.63. The van der Waals surface area contributed by atoms with E-state index in [0.717, 1.165) is 13.6 Å². The lowest BCUT2D eigenvalue weighted by molar-refractivity contribution is -0.384. The van der Waals surface area contributed by atoms with Crippen LogP contribution in [0, 0.1) is 13.7 Å². The Morgan fingerprint density at radius 1 is 1.14 bits per heavy atom. The predicted octanol–water partition coefficient (Wildman–Crippen LogP) is 6.28. The van der Waals surface area contributed by atoms with Crippen molar-refractivity contribution >= 4 is 62.2 Å². The van der Waals surface area contributed by atoms with Gasteiger partial charge in [0, 0.05) is 22.2 Å². The summed E-state index contributed by atoms with van der Waals surface area (Å²) in [6.45, 7) is 2.68. The van der Waals surface area contributed by atoms with E-state index in [1.165, 1.54) is 24.3 Å². The Kier molecular flexibility index (Phi) is 7.81. The highest BCUT2D eigenvalue weighted by molar-refractivity contribution is 14.1. The smallest absolute Gasteiger partial charge is 0.363 e. The monoisotopic (exact) mass is 648 g/mol. The van der Waals surface area contributed by atoms with Gasteiger partial charge in [0.05, 0.1) is 15.1 Å². The molecule has 8 nitrogen and oxygen atoms in total. The van der Waals surface area contributed by atoms with Crippen LogP contribution < -0.4 is 9.47 Å². The highest BCUT2D eigenvalue weighted by Crippen LogP contribution is 2.36. The Morgan fingerprint density at radius 3 is 2.60 bits per heavy atom. The number of rotatable bonds is 8. The zero-order valence-corrected chi connectivity index (χ0v) is 22.1. The number of hydrogen-bond donors (Lipinski definition) is 0. The molecule has 1 aliphatic heterocycles. The van der Waals surface area contributed by atoms with Gasteiger partial charge in [-0.05, 0) is 83.1 Å². The quantitative estimate of drug-likeness (QED) is 0.0937. The fraction of sp³-hybridized carbons (Fsp3) is 0.120. The Labute approximate surface area is 223 Å². The minimum atomic E-state index is -0.610. The summed E-state index contributed by atoms with van der Waals surface area (Å²) in [6, 6.07) is 17.1. The Balaban J connectivity index is 1.59. The van der Waals surface area contributed by atoms with Gasteiger partial charge in [-0.2, -0.15) is 0 Å². The third-order valence-corrected chi connectivity index (χ3v) is 6.15. The van der Waals surface area contributed by atoms with Crippen LogP contribution in [0.1, 0.15) is 23.6 Å². The molecule has 0 fully saturated rings. The number of halogens is 2. The number of hydrogen-bond acceptors (Lipinski definition) is 7. The second-order valence-electron chi connectivity index (χ2n) is 7.32. The highest BCUT2D eigenvalue weighted by Gasteiger charge is 2.25. The van der Waals surface area contributed by atoms with E-state index in [2.05, 4.69) is 43.5 Å². The molecule has 0 saturated heterocycles. The third-order valence-electron chi connectivity index (χ3n) is 4.85. The lowest BCUT2D eigenvalue weighted by atomic mass is 10.1. The zero-order valence-electron chi connectivity index (χ0n) is 18.4. The second kappa shape index (κ2) is 11.0. The zero-order chi connectivity index (χ0) is 24.9. The van der Waals surface area contributed by atoms with E-state index in [0.29, 0.717) is 35.8 Å². The number of benzene rings is 3. The van der Waals surface area contributed by atoms with Crippen molar-refractivity contribution in [2.45, 2.75) is 13.5 Å². The number of ether oxygens (including phenoxy) is 3. The van der Waals surface area contributed by atoms with E-state index >= 15 is 0 Å². The molecule has 10 heteroatoms. The van der Waals surface area contributed by atoms with Crippen molar-refractivity contribution in [2.24, 2.45) is 4.99 Å². The molecule has 0 bridgehead atoms. The number of aliphatic imine (C=N–C) groups is 1. The summed E-state index contributed by atoms with van der Waals surface area (Å²) in [5, 5.41) is 10.9. The topological polar surface area (TPSA) is 100 Å². The molecule has 0 radical (unpaired) electrons. The van der Waals surface area contributed by atoms with Gasteiger partial charge in [-0.1, -0.05) is 28.1 Å². The number of carbonyl (C=O) groups excluding carboxylic acids is 1.